The van der Waals surface area contributed by atoms with Gasteiger partial charge in [0.25, 0.3) is 0 Å². The average molecular weight is 1090 g/mol. The van der Waals surface area contributed by atoms with Gasteiger partial charge in [0.15, 0.2) is 6.10 Å². The molecule has 0 N–H and O–H groups in total. The van der Waals surface area contributed by atoms with Crippen molar-refractivity contribution in [3.63, 3.8) is 0 Å². The van der Waals surface area contributed by atoms with E-state index in [9.17, 15) is 14.4 Å². The van der Waals surface area contributed by atoms with Crippen molar-refractivity contribution in [3.05, 3.63) is 97.2 Å². The minimum absolute atomic E-state index is 0.0829. The molecular formula is C72H124O6. The molecule has 0 aliphatic heterocycles. The molecule has 0 aromatic rings. The standard InChI is InChI=1S/C72H124O6/c1-4-7-10-13-16-19-22-25-27-29-31-33-35-36-38-39-41-43-45-47-50-53-56-59-62-65-71(74)77-68-69(67-76-70(73)64-61-58-55-52-49-24-21-18-15-12-9-6-3)78-72(75)66-63-60-57-54-51-48-46-44-42-40-37-34-32-30-28-26-23-20-17-14-11-8-5-2/h8,11,17-18,20-22,25-26,28-29,31-32,34-36,69H,4-7,9-10,12-16,19,23-24,27,30,33,37-68H2,1-3H3/b11-8-,20-17-,21-18-,25-22-,28-26-,31-29-,34-32-,36-35-. The summed E-state index contributed by atoms with van der Waals surface area (Å²) in [5.74, 6) is -0.890. The first-order valence-corrected chi connectivity index (χ1v) is 33.2. The van der Waals surface area contributed by atoms with Crippen molar-refractivity contribution in [2.75, 3.05) is 13.2 Å². The molecular weight excluding hydrogens is 961 g/mol. The summed E-state index contributed by atoms with van der Waals surface area (Å²) in [6, 6.07) is 0. The summed E-state index contributed by atoms with van der Waals surface area (Å²) in [7, 11) is 0. The van der Waals surface area contributed by atoms with Gasteiger partial charge in [-0.15, -0.1) is 0 Å². The summed E-state index contributed by atoms with van der Waals surface area (Å²) in [6.07, 6.45) is 88.4. The molecule has 0 aromatic heterocycles. The topological polar surface area (TPSA) is 78.9 Å². The molecule has 448 valence electrons. The zero-order chi connectivity index (χ0) is 56.4. The van der Waals surface area contributed by atoms with E-state index in [0.29, 0.717) is 19.3 Å². The molecule has 0 spiro atoms. The Balaban J connectivity index is 4.31. The average Bonchev–Trinajstić information content (AvgIpc) is 3.44. The van der Waals surface area contributed by atoms with E-state index in [0.717, 1.165) is 103 Å². The van der Waals surface area contributed by atoms with Crippen LogP contribution in [0.3, 0.4) is 0 Å². The summed E-state index contributed by atoms with van der Waals surface area (Å²) in [6.45, 7) is 6.51. The Labute approximate surface area is 483 Å². The Morgan fingerprint density at radius 2 is 0.500 bits per heavy atom. The number of rotatable bonds is 60. The lowest BCUT2D eigenvalue weighted by Gasteiger charge is -2.18. The highest BCUT2D eigenvalue weighted by Gasteiger charge is 2.19. The zero-order valence-electron chi connectivity index (χ0n) is 51.4. The van der Waals surface area contributed by atoms with Gasteiger partial charge in [-0.3, -0.25) is 14.4 Å². The van der Waals surface area contributed by atoms with Gasteiger partial charge < -0.3 is 14.2 Å². The Morgan fingerprint density at radius 1 is 0.269 bits per heavy atom. The normalized spacial score (nSPS) is 12.7. The molecule has 0 saturated carbocycles. The Kier molecular flexibility index (Phi) is 62.7. The number of hydrogen-bond acceptors (Lipinski definition) is 6. The predicted molar refractivity (Wildman–Crippen MR) is 339 cm³/mol. The second-order valence-corrected chi connectivity index (χ2v) is 22.0. The summed E-state index contributed by atoms with van der Waals surface area (Å²) in [5.41, 5.74) is 0. The van der Waals surface area contributed by atoms with Crippen LogP contribution in [-0.4, -0.2) is 37.2 Å². The minimum Gasteiger partial charge on any atom is -0.462 e. The molecule has 0 saturated heterocycles. The van der Waals surface area contributed by atoms with Gasteiger partial charge in [0, 0.05) is 19.3 Å². The third-order valence-electron chi connectivity index (χ3n) is 14.3. The highest BCUT2D eigenvalue weighted by molar-refractivity contribution is 5.71. The molecule has 0 aliphatic rings. The molecule has 1 unspecified atom stereocenters. The SMILES string of the molecule is CC/C=C\C/C=C\C/C=C\C/C=C\CCCCCCCCCCCCC(=O)OC(COC(=O)CCCCCCC/C=C\CCCCC)COC(=O)CCCCCCCCCCCC/C=C\C/C=C\C/C=C\CCCCCCC. The molecule has 0 aromatic carbocycles. The van der Waals surface area contributed by atoms with Gasteiger partial charge in [-0.25, -0.2) is 0 Å². The first kappa shape index (κ1) is 74.3. The molecule has 0 heterocycles. The van der Waals surface area contributed by atoms with Gasteiger partial charge in [0.2, 0.25) is 0 Å². The van der Waals surface area contributed by atoms with Gasteiger partial charge >= 0.3 is 17.9 Å². The number of hydrogen-bond donors (Lipinski definition) is 0. The lowest BCUT2D eigenvalue weighted by Crippen LogP contribution is -2.30. The van der Waals surface area contributed by atoms with Crippen LogP contribution in [0.5, 0.6) is 0 Å². The zero-order valence-corrected chi connectivity index (χ0v) is 51.4. The molecule has 0 rings (SSSR count). The molecule has 1 atom stereocenters. The fourth-order valence-electron chi connectivity index (χ4n) is 9.32. The third kappa shape index (κ3) is 63.2. The van der Waals surface area contributed by atoms with Crippen LogP contribution in [0, 0.1) is 0 Å². The van der Waals surface area contributed by atoms with Crippen molar-refractivity contribution < 1.29 is 28.6 Å². The van der Waals surface area contributed by atoms with Crippen LogP contribution >= 0.6 is 0 Å². The Morgan fingerprint density at radius 3 is 0.821 bits per heavy atom. The van der Waals surface area contributed by atoms with Gasteiger partial charge in [-0.05, 0) is 122 Å². The number of carbonyl (C=O) groups is 3. The molecule has 0 amide bonds. The summed E-state index contributed by atoms with van der Waals surface area (Å²) < 4.78 is 16.9. The maximum atomic E-state index is 12.9. The van der Waals surface area contributed by atoms with Crippen LogP contribution in [0.1, 0.15) is 323 Å². The van der Waals surface area contributed by atoms with Crippen molar-refractivity contribution in [2.24, 2.45) is 0 Å². The second-order valence-electron chi connectivity index (χ2n) is 22.0. The first-order chi connectivity index (χ1) is 38.5. The monoisotopic (exact) mass is 1080 g/mol. The van der Waals surface area contributed by atoms with Crippen LogP contribution in [-0.2, 0) is 28.6 Å². The first-order valence-electron chi connectivity index (χ1n) is 33.2. The lowest BCUT2D eigenvalue weighted by molar-refractivity contribution is -0.167. The molecule has 0 radical (unpaired) electrons. The van der Waals surface area contributed by atoms with E-state index in [1.54, 1.807) is 0 Å². The maximum Gasteiger partial charge on any atom is 0.306 e. The number of unbranched alkanes of at least 4 members (excludes halogenated alkanes) is 33. The Bertz CT molecular complexity index is 1530. The molecule has 0 bridgehead atoms. The van der Waals surface area contributed by atoms with E-state index in [1.807, 2.05) is 0 Å². The van der Waals surface area contributed by atoms with E-state index < -0.39 is 6.10 Å². The van der Waals surface area contributed by atoms with Crippen LogP contribution < -0.4 is 0 Å². The van der Waals surface area contributed by atoms with E-state index in [-0.39, 0.29) is 31.1 Å². The number of carbonyl (C=O) groups excluding carboxylic acids is 3. The summed E-state index contributed by atoms with van der Waals surface area (Å²) >= 11 is 0. The summed E-state index contributed by atoms with van der Waals surface area (Å²) in [5, 5.41) is 0. The number of esters is 3. The van der Waals surface area contributed by atoms with Crippen LogP contribution in [0.15, 0.2) is 97.2 Å². The van der Waals surface area contributed by atoms with Gasteiger partial charge in [-0.1, -0.05) is 279 Å². The van der Waals surface area contributed by atoms with Crippen molar-refractivity contribution >= 4 is 17.9 Å². The smallest absolute Gasteiger partial charge is 0.306 e. The Hall–Kier alpha value is -3.67. The fourth-order valence-corrected chi connectivity index (χ4v) is 9.32. The molecule has 6 heteroatoms. The van der Waals surface area contributed by atoms with Gasteiger partial charge in [-0.2, -0.15) is 0 Å². The quantitative estimate of drug-likeness (QED) is 0.0261. The lowest BCUT2D eigenvalue weighted by atomic mass is 10.0. The highest BCUT2D eigenvalue weighted by atomic mass is 16.6. The van der Waals surface area contributed by atoms with Crippen LogP contribution in [0.2, 0.25) is 0 Å². The third-order valence-corrected chi connectivity index (χ3v) is 14.3. The number of allylic oxidation sites excluding steroid dienone is 16. The van der Waals surface area contributed by atoms with Crippen molar-refractivity contribution in [2.45, 2.75) is 329 Å². The molecule has 6 nitrogen and oxygen atoms in total. The van der Waals surface area contributed by atoms with E-state index in [2.05, 4.69) is 118 Å². The fraction of sp³-hybridized carbons (Fsp3) is 0.736. The van der Waals surface area contributed by atoms with Crippen molar-refractivity contribution in [3.8, 4) is 0 Å². The minimum atomic E-state index is -0.787. The van der Waals surface area contributed by atoms with E-state index in [4.69, 9.17) is 14.2 Å². The highest BCUT2D eigenvalue weighted by Crippen LogP contribution is 2.16. The molecule has 0 aliphatic carbocycles. The maximum absolute atomic E-state index is 12.9. The number of ether oxygens (including phenoxy) is 3. The van der Waals surface area contributed by atoms with Gasteiger partial charge in [0.1, 0.15) is 13.2 Å². The van der Waals surface area contributed by atoms with Crippen molar-refractivity contribution in [1.82, 2.24) is 0 Å². The van der Waals surface area contributed by atoms with Gasteiger partial charge in [0.05, 0.1) is 0 Å². The largest absolute Gasteiger partial charge is 0.462 e. The van der Waals surface area contributed by atoms with Crippen molar-refractivity contribution in [1.29, 1.82) is 0 Å². The van der Waals surface area contributed by atoms with E-state index >= 15 is 0 Å². The van der Waals surface area contributed by atoms with Crippen LogP contribution in [0.4, 0.5) is 0 Å². The van der Waals surface area contributed by atoms with E-state index in [1.165, 1.54) is 180 Å². The van der Waals surface area contributed by atoms with Crippen LogP contribution in [0.25, 0.3) is 0 Å². The molecule has 0 fully saturated rings. The second kappa shape index (κ2) is 65.8. The predicted octanol–water partition coefficient (Wildman–Crippen LogP) is 22.8. The summed E-state index contributed by atoms with van der Waals surface area (Å²) in [4.78, 5) is 38.3. The molecule has 78 heavy (non-hydrogen) atoms.